The summed E-state index contributed by atoms with van der Waals surface area (Å²) in [5.74, 6) is 0.914. The predicted molar refractivity (Wildman–Crippen MR) is 74.7 cm³/mol. The third-order valence-corrected chi connectivity index (χ3v) is 3.37. The lowest BCUT2D eigenvalue weighted by Crippen LogP contribution is -1.97. The van der Waals surface area contributed by atoms with Gasteiger partial charge in [-0.3, -0.25) is 0 Å². The molecule has 1 aromatic carbocycles. The van der Waals surface area contributed by atoms with Crippen molar-refractivity contribution in [3.05, 3.63) is 46.2 Å². The van der Waals surface area contributed by atoms with E-state index in [9.17, 15) is 4.39 Å². The van der Waals surface area contributed by atoms with Crippen LogP contribution in [0.15, 0.2) is 24.3 Å². The summed E-state index contributed by atoms with van der Waals surface area (Å²) in [6.45, 7) is 0. The van der Waals surface area contributed by atoms with Crippen LogP contribution >= 0.6 is 35.0 Å². The van der Waals surface area contributed by atoms with Crippen molar-refractivity contribution in [2.24, 2.45) is 0 Å². The van der Waals surface area contributed by atoms with E-state index in [1.54, 1.807) is 23.9 Å². The molecule has 0 amide bonds. The number of halogens is 3. The number of aromatic nitrogens is 2. The number of benzene rings is 1. The molecule has 0 saturated carbocycles. The molecule has 2 rings (SSSR count). The number of thioether (sulfide) groups is 1. The van der Waals surface area contributed by atoms with Gasteiger partial charge in [0.25, 0.3) is 0 Å². The molecular formula is C12H9Cl2FN2S. The third-order valence-electron chi connectivity index (χ3n) is 2.27. The Morgan fingerprint density at radius 1 is 1.11 bits per heavy atom. The van der Waals surface area contributed by atoms with Crippen LogP contribution in [-0.4, -0.2) is 16.2 Å². The second kappa shape index (κ2) is 5.87. The number of nitrogens with zero attached hydrogens (tertiary/aromatic N) is 2. The third kappa shape index (κ3) is 2.94. The molecule has 0 unspecified atom stereocenters. The minimum Gasteiger partial charge on any atom is -0.220 e. The average molecular weight is 303 g/mol. The largest absolute Gasteiger partial charge is 0.220 e. The van der Waals surface area contributed by atoms with Crippen molar-refractivity contribution in [2.45, 2.75) is 5.75 Å². The fraction of sp³-hybridized carbons (Fsp3) is 0.167. The van der Waals surface area contributed by atoms with E-state index in [4.69, 9.17) is 23.2 Å². The Morgan fingerprint density at radius 2 is 1.67 bits per heavy atom. The van der Waals surface area contributed by atoms with Crippen molar-refractivity contribution in [3.63, 3.8) is 0 Å². The zero-order chi connectivity index (χ0) is 13.1. The SMILES string of the molecule is CSCc1nc(Cl)c(-c2ccc(F)cc2)c(Cl)n1. The average Bonchev–Trinajstić information content (AvgIpc) is 2.31. The number of rotatable bonds is 3. The quantitative estimate of drug-likeness (QED) is 0.783. The summed E-state index contributed by atoms with van der Waals surface area (Å²) in [7, 11) is 0. The van der Waals surface area contributed by atoms with Gasteiger partial charge in [0.15, 0.2) is 0 Å². The molecule has 0 saturated heterocycles. The molecule has 0 aliphatic rings. The van der Waals surface area contributed by atoms with E-state index in [1.165, 1.54) is 12.1 Å². The molecule has 0 bridgehead atoms. The highest BCUT2D eigenvalue weighted by atomic mass is 35.5. The molecule has 0 aliphatic heterocycles. The summed E-state index contributed by atoms with van der Waals surface area (Å²) in [6.07, 6.45) is 1.94. The van der Waals surface area contributed by atoms with E-state index < -0.39 is 0 Å². The van der Waals surface area contributed by atoms with E-state index in [2.05, 4.69) is 9.97 Å². The molecule has 0 aliphatic carbocycles. The minimum absolute atomic E-state index is 0.283. The van der Waals surface area contributed by atoms with Crippen LogP contribution in [0.2, 0.25) is 10.3 Å². The summed E-state index contributed by atoms with van der Waals surface area (Å²) in [4.78, 5) is 8.36. The Hall–Kier alpha value is -0.840. The maximum Gasteiger partial charge on any atom is 0.142 e. The van der Waals surface area contributed by atoms with E-state index in [0.717, 1.165) is 0 Å². The van der Waals surface area contributed by atoms with E-state index >= 15 is 0 Å². The Morgan fingerprint density at radius 3 is 2.17 bits per heavy atom. The first-order valence-electron chi connectivity index (χ1n) is 5.08. The van der Waals surface area contributed by atoms with Crippen LogP contribution in [0, 0.1) is 5.82 Å². The first-order valence-corrected chi connectivity index (χ1v) is 7.23. The molecular weight excluding hydrogens is 294 g/mol. The summed E-state index contributed by atoms with van der Waals surface area (Å²) in [5, 5.41) is 0.566. The van der Waals surface area contributed by atoms with Gasteiger partial charge >= 0.3 is 0 Å². The maximum absolute atomic E-state index is 12.9. The second-order valence-electron chi connectivity index (χ2n) is 3.54. The van der Waals surface area contributed by atoms with E-state index in [1.807, 2.05) is 6.26 Å². The van der Waals surface area contributed by atoms with Gasteiger partial charge < -0.3 is 0 Å². The zero-order valence-corrected chi connectivity index (χ0v) is 11.8. The van der Waals surface area contributed by atoms with Crippen LogP contribution in [-0.2, 0) is 5.75 Å². The lowest BCUT2D eigenvalue weighted by Gasteiger charge is -2.08. The molecule has 0 radical (unpaired) electrons. The van der Waals surface area contributed by atoms with Crippen LogP contribution in [0.5, 0.6) is 0 Å². The molecule has 1 heterocycles. The highest BCUT2D eigenvalue weighted by Crippen LogP contribution is 2.32. The van der Waals surface area contributed by atoms with Crippen LogP contribution in [0.3, 0.4) is 0 Å². The molecule has 0 N–H and O–H groups in total. The summed E-state index contributed by atoms with van der Waals surface area (Å²) < 4.78 is 12.9. The Labute approximate surface area is 119 Å². The normalized spacial score (nSPS) is 10.7. The van der Waals surface area contributed by atoms with Crippen molar-refractivity contribution in [1.29, 1.82) is 0 Å². The molecule has 6 heteroatoms. The maximum atomic E-state index is 12.9. The molecule has 2 aromatic rings. The number of hydrogen-bond acceptors (Lipinski definition) is 3. The van der Waals surface area contributed by atoms with Gasteiger partial charge in [-0.25, -0.2) is 14.4 Å². The standard InChI is InChI=1S/C12H9Cl2FN2S/c1-18-6-9-16-11(13)10(12(14)17-9)7-2-4-8(15)5-3-7/h2-5H,6H2,1H3. The van der Waals surface area contributed by atoms with Crippen LogP contribution in [0.25, 0.3) is 11.1 Å². The fourth-order valence-corrected chi connectivity index (χ4v) is 2.52. The number of hydrogen-bond donors (Lipinski definition) is 0. The topological polar surface area (TPSA) is 25.8 Å². The van der Waals surface area contributed by atoms with Crippen LogP contribution in [0.1, 0.15) is 5.82 Å². The van der Waals surface area contributed by atoms with Gasteiger partial charge in [-0.05, 0) is 24.0 Å². The van der Waals surface area contributed by atoms with Gasteiger partial charge in [0, 0.05) is 0 Å². The van der Waals surface area contributed by atoms with Crippen molar-refractivity contribution in [3.8, 4) is 11.1 Å². The van der Waals surface area contributed by atoms with Crippen LogP contribution in [0.4, 0.5) is 4.39 Å². The summed E-state index contributed by atoms with van der Waals surface area (Å²) in [5.41, 5.74) is 1.23. The van der Waals surface area contributed by atoms with Gasteiger partial charge in [-0.2, -0.15) is 11.8 Å². The molecule has 1 aromatic heterocycles. The van der Waals surface area contributed by atoms with Crippen molar-refractivity contribution < 1.29 is 4.39 Å². The van der Waals surface area contributed by atoms with E-state index in [0.29, 0.717) is 22.7 Å². The Kier molecular flexibility index (Phi) is 4.43. The smallest absolute Gasteiger partial charge is 0.142 e. The van der Waals surface area contributed by atoms with Gasteiger partial charge in [-0.15, -0.1) is 0 Å². The van der Waals surface area contributed by atoms with E-state index in [-0.39, 0.29) is 16.1 Å². The molecule has 0 atom stereocenters. The van der Waals surface area contributed by atoms with Gasteiger partial charge in [0.1, 0.15) is 21.9 Å². The monoisotopic (exact) mass is 302 g/mol. The van der Waals surface area contributed by atoms with Crippen molar-refractivity contribution >= 4 is 35.0 Å². The molecule has 2 nitrogen and oxygen atoms in total. The van der Waals surface area contributed by atoms with Gasteiger partial charge in [-0.1, -0.05) is 35.3 Å². The molecule has 0 spiro atoms. The van der Waals surface area contributed by atoms with Crippen LogP contribution < -0.4 is 0 Å². The lowest BCUT2D eigenvalue weighted by molar-refractivity contribution is 0.628. The summed E-state index contributed by atoms with van der Waals surface area (Å²) in [6, 6.07) is 5.88. The Bertz CT molecular complexity index is 537. The van der Waals surface area contributed by atoms with Gasteiger partial charge in [0.05, 0.1) is 11.3 Å². The minimum atomic E-state index is -0.314. The van der Waals surface area contributed by atoms with Crippen molar-refractivity contribution in [1.82, 2.24) is 9.97 Å². The first kappa shape index (κ1) is 13.6. The van der Waals surface area contributed by atoms with Crippen molar-refractivity contribution in [2.75, 3.05) is 6.26 Å². The highest BCUT2D eigenvalue weighted by molar-refractivity contribution is 7.97. The molecule has 94 valence electrons. The lowest BCUT2D eigenvalue weighted by atomic mass is 10.1. The second-order valence-corrected chi connectivity index (χ2v) is 5.12. The predicted octanol–water partition coefficient (Wildman–Crippen LogP) is 4.45. The summed E-state index contributed by atoms with van der Waals surface area (Å²) >= 11 is 13.8. The highest BCUT2D eigenvalue weighted by Gasteiger charge is 2.13. The Balaban J connectivity index is 2.48. The fourth-order valence-electron chi connectivity index (χ4n) is 1.50. The molecule has 18 heavy (non-hydrogen) atoms. The van der Waals surface area contributed by atoms with Gasteiger partial charge in [0.2, 0.25) is 0 Å². The zero-order valence-electron chi connectivity index (χ0n) is 9.45. The first-order chi connectivity index (χ1) is 8.61. The molecule has 0 fully saturated rings.